The maximum Gasteiger partial charge on any atom is 0.253 e. The third-order valence-electron chi connectivity index (χ3n) is 3.94. The Morgan fingerprint density at radius 1 is 1.53 bits per heavy atom. The van der Waals surface area contributed by atoms with Crippen molar-refractivity contribution in [1.29, 1.82) is 0 Å². The second-order valence-corrected chi connectivity index (χ2v) is 6.73. The minimum atomic E-state index is -0.356. The van der Waals surface area contributed by atoms with E-state index in [2.05, 4.69) is 5.32 Å². The van der Waals surface area contributed by atoms with Gasteiger partial charge in [-0.15, -0.1) is 11.8 Å². The quantitative estimate of drug-likeness (QED) is 0.844. The van der Waals surface area contributed by atoms with E-state index in [4.69, 9.17) is 11.6 Å². The van der Waals surface area contributed by atoms with Gasteiger partial charge in [-0.05, 0) is 30.9 Å². The molecule has 0 aliphatic heterocycles. The largest absolute Gasteiger partial charge is 0.392 e. The maximum atomic E-state index is 12.2. The Morgan fingerprint density at radius 2 is 2.21 bits per heavy atom. The van der Waals surface area contributed by atoms with Crippen molar-refractivity contribution in [3.63, 3.8) is 0 Å². The number of aliphatic hydroxyl groups is 1. The molecule has 0 saturated heterocycles. The van der Waals surface area contributed by atoms with Gasteiger partial charge in [0.1, 0.15) is 0 Å². The number of hydrogen-bond donors (Lipinski definition) is 2. The summed E-state index contributed by atoms with van der Waals surface area (Å²) in [5.41, 5.74) is 0.213. The van der Waals surface area contributed by atoms with Gasteiger partial charge in [-0.1, -0.05) is 25.4 Å². The van der Waals surface area contributed by atoms with Gasteiger partial charge in [-0.25, -0.2) is 0 Å². The molecule has 1 aliphatic rings. The Labute approximate surface area is 122 Å². The molecular formula is C14H18ClNO2S. The minimum Gasteiger partial charge on any atom is -0.392 e. The van der Waals surface area contributed by atoms with Crippen LogP contribution in [0.5, 0.6) is 0 Å². The van der Waals surface area contributed by atoms with E-state index in [0.717, 1.165) is 4.90 Å². The maximum absolute atomic E-state index is 12.2. The molecule has 0 aromatic heterocycles. The smallest absolute Gasteiger partial charge is 0.253 e. The summed E-state index contributed by atoms with van der Waals surface area (Å²) in [7, 11) is 0. The molecule has 5 heteroatoms. The summed E-state index contributed by atoms with van der Waals surface area (Å²) in [5.74, 6) is -0.175. The molecule has 1 fully saturated rings. The molecule has 2 N–H and O–H groups in total. The fourth-order valence-corrected chi connectivity index (χ4v) is 2.83. The Morgan fingerprint density at radius 3 is 2.74 bits per heavy atom. The van der Waals surface area contributed by atoms with Gasteiger partial charge in [-0.2, -0.15) is 0 Å². The number of benzene rings is 1. The van der Waals surface area contributed by atoms with Crippen LogP contribution in [0, 0.1) is 5.41 Å². The molecule has 0 spiro atoms. The summed E-state index contributed by atoms with van der Waals surface area (Å²) >= 11 is 7.64. The fourth-order valence-electron chi connectivity index (χ4n) is 2.19. The molecule has 3 nitrogen and oxygen atoms in total. The topological polar surface area (TPSA) is 49.3 Å². The highest BCUT2D eigenvalue weighted by Crippen LogP contribution is 2.40. The van der Waals surface area contributed by atoms with Crippen LogP contribution in [0.3, 0.4) is 0 Å². The Kier molecular flexibility index (Phi) is 4.14. The Hall–Kier alpha value is -0.710. The molecule has 0 heterocycles. The summed E-state index contributed by atoms with van der Waals surface area (Å²) < 4.78 is 0. The van der Waals surface area contributed by atoms with Crippen molar-refractivity contribution in [2.75, 3.05) is 6.26 Å². The van der Waals surface area contributed by atoms with Crippen molar-refractivity contribution in [3.8, 4) is 0 Å². The van der Waals surface area contributed by atoms with E-state index >= 15 is 0 Å². The first kappa shape index (κ1) is 14.7. The molecule has 0 bridgehead atoms. The van der Waals surface area contributed by atoms with Crippen LogP contribution in [0.4, 0.5) is 0 Å². The highest BCUT2D eigenvalue weighted by Gasteiger charge is 2.48. The first-order valence-corrected chi connectivity index (χ1v) is 7.79. The van der Waals surface area contributed by atoms with E-state index in [-0.39, 0.29) is 23.5 Å². The van der Waals surface area contributed by atoms with Gasteiger partial charge < -0.3 is 10.4 Å². The number of rotatable bonds is 3. The SMILES string of the molecule is CSc1ccc(Cl)c(C(=O)NC2CC(O)C2(C)C)c1. The molecule has 1 aromatic carbocycles. The van der Waals surface area contributed by atoms with Crippen molar-refractivity contribution in [2.24, 2.45) is 5.41 Å². The fraction of sp³-hybridized carbons (Fsp3) is 0.500. The van der Waals surface area contributed by atoms with E-state index in [1.165, 1.54) is 0 Å². The summed E-state index contributed by atoms with van der Waals surface area (Å²) in [5, 5.41) is 13.1. The number of carbonyl (C=O) groups is 1. The van der Waals surface area contributed by atoms with Gasteiger partial charge in [0.25, 0.3) is 5.91 Å². The second-order valence-electron chi connectivity index (χ2n) is 5.44. The van der Waals surface area contributed by atoms with Crippen molar-refractivity contribution in [1.82, 2.24) is 5.32 Å². The van der Waals surface area contributed by atoms with Gasteiger partial charge in [0.05, 0.1) is 16.7 Å². The van der Waals surface area contributed by atoms with E-state index in [0.29, 0.717) is 17.0 Å². The molecule has 0 radical (unpaired) electrons. The Balaban J connectivity index is 2.13. The lowest BCUT2D eigenvalue weighted by atomic mass is 9.64. The lowest BCUT2D eigenvalue weighted by molar-refractivity contribution is -0.0689. The first-order chi connectivity index (χ1) is 8.86. The average molecular weight is 300 g/mol. The van der Waals surface area contributed by atoms with Crippen molar-refractivity contribution in [2.45, 2.75) is 37.3 Å². The third kappa shape index (κ3) is 2.76. The number of amides is 1. The van der Waals surface area contributed by atoms with Crippen LogP contribution in [-0.2, 0) is 0 Å². The molecule has 2 unspecified atom stereocenters. The van der Waals surface area contributed by atoms with Crippen LogP contribution in [0.25, 0.3) is 0 Å². The van der Waals surface area contributed by atoms with E-state index in [1.54, 1.807) is 23.9 Å². The normalized spacial score (nSPS) is 24.7. The highest BCUT2D eigenvalue weighted by molar-refractivity contribution is 7.98. The summed E-state index contributed by atoms with van der Waals surface area (Å²) in [4.78, 5) is 13.2. The molecule has 1 amide bonds. The zero-order valence-corrected chi connectivity index (χ0v) is 12.8. The zero-order valence-electron chi connectivity index (χ0n) is 11.2. The summed E-state index contributed by atoms with van der Waals surface area (Å²) in [6, 6.07) is 5.41. The Bertz CT molecular complexity index is 504. The van der Waals surface area contributed by atoms with Crippen molar-refractivity contribution < 1.29 is 9.90 Å². The van der Waals surface area contributed by atoms with Gasteiger partial charge in [0, 0.05) is 16.4 Å². The lowest BCUT2D eigenvalue weighted by Crippen LogP contribution is -2.61. The molecule has 1 saturated carbocycles. The van der Waals surface area contributed by atoms with Crippen LogP contribution >= 0.6 is 23.4 Å². The molecule has 104 valence electrons. The number of aliphatic hydroxyl groups excluding tert-OH is 1. The lowest BCUT2D eigenvalue weighted by Gasteiger charge is -2.49. The number of nitrogens with one attached hydrogen (secondary N) is 1. The van der Waals surface area contributed by atoms with Gasteiger partial charge >= 0.3 is 0 Å². The van der Waals surface area contributed by atoms with E-state index < -0.39 is 0 Å². The zero-order chi connectivity index (χ0) is 14.2. The van der Waals surface area contributed by atoms with Crippen LogP contribution in [0.15, 0.2) is 23.1 Å². The van der Waals surface area contributed by atoms with Gasteiger partial charge in [0.15, 0.2) is 0 Å². The molecule has 1 aromatic rings. The first-order valence-electron chi connectivity index (χ1n) is 6.18. The second kappa shape index (κ2) is 5.35. The van der Waals surface area contributed by atoms with Crippen LogP contribution < -0.4 is 5.32 Å². The van der Waals surface area contributed by atoms with Crippen LogP contribution in [0.2, 0.25) is 5.02 Å². The van der Waals surface area contributed by atoms with Gasteiger partial charge in [0.2, 0.25) is 0 Å². The number of thioether (sulfide) groups is 1. The molecular weight excluding hydrogens is 282 g/mol. The third-order valence-corrected chi connectivity index (χ3v) is 4.99. The monoisotopic (exact) mass is 299 g/mol. The number of halogens is 1. The number of hydrogen-bond acceptors (Lipinski definition) is 3. The summed E-state index contributed by atoms with van der Waals surface area (Å²) in [6.07, 6.45) is 2.19. The number of carbonyl (C=O) groups excluding carboxylic acids is 1. The van der Waals surface area contributed by atoms with E-state index in [1.807, 2.05) is 26.2 Å². The predicted molar refractivity (Wildman–Crippen MR) is 78.9 cm³/mol. The van der Waals surface area contributed by atoms with E-state index in [9.17, 15) is 9.90 Å². The highest BCUT2D eigenvalue weighted by atomic mass is 35.5. The van der Waals surface area contributed by atoms with Crippen molar-refractivity contribution in [3.05, 3.63) is 28.8 Å². The molecule has 2 rings (SSSR count). The van der Waals surface area contributed by atoms with Crippen LogP contribution in [0.1, 0.15) is 30.6 Å². The molecule has 1 aliphatic carbocycles. The summed E-state index contributed by atoms with van der Waals surface area (Å²) in [6.45, 7) is 3.90. The standard InChI is InChI=1S/C14H18ClNO2S/c1-14(2)11(7-12(14)17)16-13(18)9-6-8(19-3)4-5-10(9)15/h4-6,11-12,17H,7H2,1-3H3,(H,16,18). The minimum absolute atomic E-state index is 0.0102. The van der Waals surface area contributed by atoms with Gasteiger partial charge in [-0.3, -0.25) is 4.79 Å². The van der Waals surface area contributed by atoms with Crippen LogP contribution in [-0.4, -0.2) is 29.4 Å². The average Bonchev–Trinajstić information content (AvgIpc) is 2.38. The molecule has 19 heavy (non-hydrogen) atoms. The molecule has 2 atom stereocenters. The predicted octanol–water partition coefficient (Wildman–Crippen LogP) is 2.95. The van der Waals surface area contributed by atoms with Crippen molar-refractivity contribution >= 4 is 29.3 Å².